The second-order valence-corrected chi connectivity index (χ2v) is 4.68. The Balaban J connectivity index is 2.37. The van der Waals surface area contributed by atoms with Gasteiger partial charge < -0.3 is 15.2 Å². The van der Waals surface area contributed by atoms with Gasteiger partial charge in [0.15, 0.2) is 0 Å². The zero-order valence-corrected chi connectivity index (χ0v) is 12.2. The van der Waals surface area contributed by atoms with Crippen LogP contribution in [0, 0.1) is 0 Å². The molecule has 0 radical (unpaired) electrons. The second-order valence-electron chi connectivity index (χ2n) is 4.68. The first-order chi connectivity index (χ1) is 10.1. The summed E-state index contributed by atoms with van der Waals surface area (Å²) in [4.78, 5) is 24.3. The van der Waals surface area contributed by atoms with E-state index in [1.54, 1.807) is 12.0 Å². The molecule has 6 heteroatoms. The summed E-state index contributed by atoms with van der Waals surface area (Å²) in [6.07, 6.45) is 0.00960. The molecule has 0 aliphatic carbocycles. The minimum Gasteiger partial charge on any atom is -0.481 e. The van der Waals surface area contributed by atoms with E-state index in [1.165, 1.54) is 0 Å². The summed E-state index contributed by atoms with van der Waals surface area (Å²) in [5.41, 5.74) is 1.03. The van der Waals surface area contributed by atoms with Crippen LogP contribution in [0.5, 0.6) is 0 Å². The lowest BCUT2D eigenvalue weighted by Gasteiger charge is -2.20. The normalized spacial score (nSPS) is 10.6. The molecule has 0 spiro atoms. The number of carboxylic acids is 1. The van der Waals surface area contributed by atoms with Crippen molar-refractivity contribution < 1.29 is 19.4 Å². The van der Waals surface area contributed by atoms with Gasteiger partial charge in [-0.25, -0.2) is 0 Å². The van der Waals surface area contributed by atoms with Crippen molar-refractivity contribution in [1.82, 2.24) is 10.2 Å². The maximum atomic E-state index is 11.9. The number of nitrogens with zero attached hydrogens (tertiary/aromatic N) is 1. The van der Waals surface area contributed by atoms with Crippen LogP contribution in [0.15, 0.2) is 30.3 Å². The van der Waals surface area contributed by atoms with E-state index in [0.29, 0.717) is 26.2 Å². The van der Waals surface area contributed by atoms with Gasteiger partial charge in [-0.1, -0.05) is 30.3 Å². The molecule has 0 saturated heterocycles. The van der Waals surface area contributed by atoms with Crippen molar-refractivity contribution in [2.24, 2.45) is 0 Å². The largest absolute Gasteiger partial charge is 0.481 e. The number of hydrogen-bond acceptors (Lipinski definition) is 4. The number of carbonyl (C=O) groups excluding carboxylic acids is 1. The Morgan fingerprint density at radius 2 is 1.95 bits per heavy atom. The van der Waals surface area contributed by atoms with Crippen LogP contribution in [0.3, 0.4) is 0 Å². The first-order valence-electron chi connectivity index (χ1n) is 6.85. The summed E-state index contributed by atoms with van der Waals surface area (Å²) in [6.45, 7) is 1.96. The standard InChI is InChI=1S/C15H22N2O4/c1-21-10-9-17(8-7-15(19)20)12-14(18)16-11-13-5-3-2-4-6-13/h2-6H,7-12H2,1H3,(H,16,18)(H,19,20). The topological polar surface area (TPSA) is 78.9 Å². The Kier molecular flexibility index (Phi) is 8.08. The number of amides is 1. The molecule has 0 unspecified atom stereocenters. The van der Waals surface area contributed by atoms with Crippen molar-refractivity contribution >= 4 is 11.9 Å². The molecule has 1 aromatic carbocycles. The molecule has 1 rings (SSSR count). The van der Waals surface area contributed by atoms with E-state index >= 15 is 0 Å². The number of methoxy groups -OCH3 is 1. The summed E-state index contributed by atoms with van der Waals surface area (Å²) in [6, 6.07) is 9.63. The lowest BCUT2D eigenvalue weighted by atomic mass is 10.2. The Morgan fingerprint density at radius 1 is 1.24 bits per heavy atom. The van der Waals surface area contributed by atoms with E-state index in [1.807, 2.05) is 30.3 Å². The van der Waals surface area contributed by atoms with Crippen LogP contribution in [-0.2, 0) is 20.9 Å². The summed E-state index contributed by atoms with van der Waals surface area (Å²) in [7, 11) is 1.57. The molecule has 116 valence electrons. The fourth-order valence-electron chi connectivity index (χ4n) is 1.80. The highest BCUT2D eigenvalue weighted by Crippen LogP contribution is 1.98. The molecule has 0 saturated carbocycles. The minimum atomic E-state index is -0.873. The molecular formula is C15H22N2O4. The zero-order chi connectivity index (χ0) is 15.5. The first-order valence-corrected chi connectivity index (χ1v) is 6.85. The van der Waals surface area contributed by atoms with Crippen molar-refractivity contribution in [3.63, 3.8) is 0 Å². The highest BCUT2D eigenvalue weighted by atomic mass is 16.5. The van der Waals surface area contributed by atoms with Crippen LogP contribution in [0.2, 0.25) is 0 Å². The average Bonchev–Trinajstić information content (AvgIpc) is 2.49. The fourth-order valence-corrected chi connectivity index (χ4v) is 1.80. The molecule has 0 aliphatic rings. The highest BCUT2D eigenvalue weighted by molar-refractivity contribution is 5.78. The number of nitrogens with one attached hydrogen (secondary N) is 1. The van der Waals surface area contributed by atoms with Gasteiger partial charge in [-0.3, -0.25) is 14.5 Å². The van der Waals surface area contributed by atoms with Crippen LogP contribution in [0.4, 0.5) is 0 Å². The maximum Gasteiger partial charge on any atom is 0.304 e. The second kappa shape index (κ2) is 9.90. The van der Waals surface area contributed by atoms with Gasteiger partial charge in [0.05, 0.1) is 19.6 Å². The molecular weight excluding hydrogens is 272 g/mol. The van der Waals surface area contributed by atoms with Crippen molar-refractivity contribution in [2.75, 3.05) is 33.4 Å². The Hall–Kier alpha value is -1.92. The molecule has 0 bridgehead atoms. The third kappa shape index (κ3) is 8.06. The quantitative estimate of drug-likeness (QED) is 0.665. The van der Waals surface area contributed by atoms with Gasteiger partial charge in [0, 0.05) is 26.7 Å². The van der Waals surface area contributed by atoms with Gasteiger partial charge in [0.25, 0.3) is 0 Å². The van der Waals surface area contributed by atoms with Crippen molar-refractivity contribution in [1.29, 1.82) is 0 Å². The van der Waals surface area contributed by atoms with Gasteiger partial charge >= 0.3 is 5.97 Å². The number of aliphatic carboxylic acids is 1. The first kappa shape index (κ1) is 17.1. The van der Waals surface area contributed by atoms with E-state index in [2.05, 4.69) is 5.32 Å². The Morgan fingerprint density at radius 3 is 2.57 bits per heavy atom. The monoisotopic (exact) mass is 294 g/mol. The third-order valence-electron chi connectivity index (χ3n) is 2.95. The molecule has 0 fully saturated rings. The minimum absolute atomic E-state index is 0.00960. The van der Waals surface area contributed by atoms with Gasteiger partial charge in [0.2, 0.25) is 5.91 Å². The van der Waals surface area contributed by atoms with Crippen molar-refractivity contribution in [3.8, 4) is 0 Å². The summed E-state index contributed by atoms with van der Waals surface area (Å²) in [5.74, 6) is -0.998. The number of rotatable bonds is 10. The molecule has 0 aliphatic heterocycles. The van der Waals surface area contributed by atoms with E-state index in [4.69, 9.17) is 9.84 Å². The SMILES string of the molecule is COCCN(CCC(=O)O)CC(=O)NCc1ccccc1. The van der Waals surface area contributed by atoms with Crippen LogP contribution in [0.25, 0.3) is 0 Å². The average molecular weight is 294 g/mol. The number of carbonyl (C=O) groups is 2. The van der Waals surface area contributed by atoms with Crippen LogP contribution in [0.1, 0.15) is 12.0 Å². The lowest BCUT2D eigenvalue weighted by Crippen LogP contribution is -2.39. The van der Waals surface area contributed by atoms with Gasteiger partial charge in [0.1, 0.15) is 0 Å². The predicted molar refractivity (Wildman–Crippen MR) is 78.9 cm³/mol. The molecule has 6 nitrogen and oxygen atoms in total. The van der Waals surface area contributed by atoms with Crippen molar-refractivity contribution in [3.05, 3.63) is 35.9 Å². The molecule has 0 aromatic heterocycles. The van der Waals surface area contributed by atoms with Gasteiger partial charge in [-0.05, 0) is 5.56 Å². The van der Waals surface area contributed by atoms with Gasteiger partial charge in [-0.2, -0.15) is 0 Å². The maximum absolute atomic E-state index is 11.9. The third-order valence-corrected chi connectivity index (χ3v) is 2.95. The molecule has 1 aromatic rings. The van der Waals surface area contributed by atoms with Crippen molar-refractivity contribution in [2.45, 2.75) is 13.0 Å². The molecule has 0 atom stereocenters. The summed E-state index contributed by atoms with van der Waals surface area (Å²) >= 11 is 0. The highest BCUT2D eigenvalue weighted by Gasteiger charge is 2.12. The summed E-state index contributed by atoms with van der Waals surface area (Å²) in [5, 5.41) is 11.5. The number of hydrogen-bond donors (Lipinski definition) is 2. The van der Waals surface area contributed by atoms with E-state index < -0.39 is 5.97 Å². The molecule has 1 amide bonds. The number of carboxylic acid groups (broad SMARTS) is 1. The number of benzene rings is 1. The van der Waals surface area contributed by atoms with E-state index in [-0.39, 0.29) is 18.9 Å². The Bertz CT molecular complexity index is 437. The van der Waals surface area contributed by atoms with Gasteiger partial charge in [-0.15, -0.1) is 0 Å². The molecule has 0 heterocycles. The Labute approximate surface area is 124 Å². The van der Waals surface area contributed by atoms with Crippen LogP contribution < -0.4 is 5.32 Å². The van der Waals surface area contributed by atoms with E-state index in [0.717, 1.165) is 5.56 Å². The summed E-state index contributed by atoms with van der Waals surface area (Å²) < 4.78 is 4.97. The molecule has 2 N–H and O–H groups in total. The van der Waals surface area contributed by atoms with E-state index in [9.17, 15) is 9.59 Å². The van der Waals surface area contributed by atoms with Crippen LogP contribution >= 0.6 is 0 Å². The van der Waals surface area contributed by atoms with Crippen LogP contribution in [-0.4, -0.2) is 55.2 Å². The fraction of sp³-hybridized carbons (Fsp3) is 0.467. The number of ether oxygens (including phenoxy) is 1. The predicted octanol–water partition coefficient (Wildman–Crippen LogP) is 0.726. The smallest absolute Gasteiger partial charge is 0.304 e. The molecule has 21 heavy (non-hydrogen) atoms. The lowest BCUT2D eigenvalue weighted by molar-refractivity contribution is -0.137. The zero-order valence-electron chi connectivity index (χ0n) is 12.2.